The number of alkyl halides is 1. The number of hydrogen-bond donors (Lipinski definition) is 0. The minimum absolute atomic E-state index is 0.484. The predicted octanol–water partition coefficient (Wildman–Crippen LogP) is 4.32. The Morgan fingerprint density at radius 1 is 1.29 bits per heavy atom. The summed E-state index contributed by atoms with van der Waals surface area (Å²) in [6, 6.07) is 5.41. The van der Waals surface area contributed by atoms with E-state index in [2.05, 4.69) is 26.1 Å². The molecule has 0 radical (unpaired) electrons. The quantitative estimate of drug-likeness (QED) is 0.781. The highest BCUT2D eigenvalue weighted by atomic mass is 79.9. The fourth-order valence-electron chi connectivity index (χ4n) is 1.34. The SMILES string of the molecule is ClCCCc1nnc(-c2ccc(Cl)cc2Br)o1. The molecule has 2 aromatic rings. The number of hydrogen-bond acceptors (Lipinski definition) is 3. The van der Waals surface area contributed by atoms with Gasteiger partial charge in [-0.2, -0.15) is 0 Å². The third-order valence-electron chi connectivity index (χ3n) is 2.15. The molecule has 1 heterocycles. The molecule has 6 heteroatoms. The Morgan fingerprint density at radius 3 is 2.82 bits per heavy atom. The number of rotatable bonds is 4. The van der Waals surface area contributed by atoms with E-state index in [9.17, 15) is 0 Å². The average molecular weight is 336 g/mol. The van der Waals surface area contributed by atoms with Gasteiger partial charge in [0.05, 0.1) is 5.56 Å². The highest BCUT2D eigenvalue weighted by molar-refractivity contribution is 9.10. The van der Waals surface area contributed by atoms with Gasteiger partial charge in [0.25, 0.3) is 0 Å². The van der Waals surface area contributed by atoms with Crippen LogP contribution in [0.25, 0.3) is 11.5 Å². The first-order valence-electron chi connectivity index (χ1n) is 5.04. The zero-order valence-electron chi connectivity index (χ0n) is 8.79. The molecule has 0 atom stereocenters. The van der Waals surface area contributed by atoms with Crippen LogP contribution in [0.1, 0.15) is 12.3 Å². The van der Waals surface area contributed by atoms with Crippen molar-refractivity contribution in [1.29, 1.82) is 0 Å². The van der Waals surface area contributed by atoms with Crippen LogP contribution in [0.15, 0.2) is 27.1 Å². The zero-order chi connectivity index (χ0) is 12.3. The average Bonchev–Trinajstić information content (AvgIpc) is 2.75. The lowest BCUT2D eigenvalue weighted by Crippen LogP contribution is -1.85. The molecule has 3 nitrogen and oxygen atoms in total. The highest BCUT2D eigenvalue weighted by Gasteiger charge is 2.11. The van der Waals surface area contributed by atoms with E-state index in [0.717, 1.165) is 16.5 Å². The summed E-state index contributed by atoms with van der Waals surface area (Å²) >= 11 is 14.9. The zero-order valence-corrected chi connectivity index (χ0v) is 11.9. The summed E-state index contributed by atoms with van der Waals surface area (Å²) in [5.41, 5.74) is 0.832. The second-order valence-electron chi connectivity index (χ2n) is 3.42. The normalized spacial score (nSPS) is 10.8. The van der Waals surface area contributed by atoms with Crippen LogP contribution in [0.3, 0.4) is 0 Å². The third-order valence-corrected chi connectivity index (χ3v) is 3.31. The molecule has 0 saturated carbocycles. The summed E-state index contributed by atoms with van der Waals surface area (Å²) < 4.78 is 6.37. The van der Waals surface area contributed by atoms with Crippen molar-refractivity contribution in [2.24, 2.45) is 0 Å². The fraction of sp³-hybridized carbons (Fsp3) is 0.273. The predicted molar refractivity (Wildman–Crippen MR) is 71.5 cm³/mol. The molecule has 2 rings (SSSR count). The van der Waals surface area contributed by atoms with Crippen molar-refractivity contribution in [2.45, 2.75) is 12.8 Å². The summed E-state index contributed by atoms with van der Waals surface area (Å²) in [5, 5.41) is 8.62. The third kappa shape index (κ3) is 3.21. The number of nitrogens with zero attached hydrogens (tertiary/aromatic N) is 2. The van der Waals surface area contributed by atoms with Gasteiger partial charge in [0.2, 0.25) is 11.8 Å². The summed E-state index contributed by atoms with van der Waals surface area (Å²) in [6.45, 7) is 0. The van der Waals surface area contributed by atoms with E-state index in [1.54, 1.807) is 12.1 Å². The Labute approximate surface area is 117 Å². The van der Waals surface area contributed by atoms with Gasteiger partial charge in [-0.3, -0.25) is 0 Å². The molecule has 0 aliphatic carbocycles. The van der Waals surface area contributed by atoms with E-state index in [4.69, 9.17) is 27.6 Å². The largest absolute Gasteiger partial charge is 0.421 e. The Morgan fingerprint density at radius 2 is 2.12 bits per heavy atom. The van der Waals surface area contributed by atoms with Gasteiger partial charge in [-0.05, 0) is 40.5 Å². The van der Waals surface area contributed by atoms with Gasteiger partial charge in [-0.15, -0.1) is 21.8 Å². The molecule has 90 valence electrons. The van der Waals surface area contributed by atoms with Crippen LogP contribution in [-0.4, -0.2) is 16.1 Å². The van der Waals surface area contributed by atoms with Gasteiger partial charge in [0.15, 0.2) is 0 Å². The Balaban J connectivity index is 2.24. The highest BCUT2D eigenvalue weighted by Crippen LogP contribution is 2.29. The molecule has 0 unspecified atom stereocenters. The molecule has 17 heavy (non-hydrogen) atoms. The van der Waals surface area contributed by atoms with Crippen molar-refractivity contribution in [1.82, 2.24) is 10.2 Å². The second kappa shape index (κ2) is 5.85. The van der Waals surface area contributed by atoms with Crippen molar-refractivity contribution >= 4 is 39.1 Å². The van der Waals surface area contributed by atoms with E-state index < -0.39 is 0 Å². The van der Waals surface area contributed by atoms with E-state index in [1.165, 1.54) is 0 Å². The van der Waals surface area contributed by atoms with Crippen LogP contribution in [0.5, 0.6) is 0 Å². The lowest BCUT2D eigenvalue weighted by molar-refractivity contribution is 0.502. The van der Waals surface area contributed by atoms with Crippen LogP contribution in [0, 0.1) is 0 Å². The van der Waals surface area contributed by atoms with Crippen LogP contribution in [-0.2, 0) is 6.42 Å². The molecule has 1 aromatic carbocycles. The first kappa shape index (κ1) is 12.9. The molecule has 0 bridgehead atoms. The molecular weight excluding hydrogens is 327 g/mol. The van der Waals surface area contributed by atoms with Gasteiger partial charge in [0, 0.05) is 21.8 Å². The Kier molecular flexibility index (Phi) is 4.42. The standard InChI is InChI=1S/C11H9BrCl2N2O/c12-9-6-7(14)3-4-8(9)11-16-15-10(17-11)2-1-5-13/h3-4,6H,1-2,5H2. The van der Waals surface area contributed by atoms with E-state index in [-0.39, 0.29) is 0 Å². The maximum Gasteiger partial charge on any atom is 0.248 e. The van der Waals surface area contributed by atoms with E-state index in [1.807, 2.05) is 6.07 Å². The number of benzene rings is 1. The Hall–Kier alpha value is -0.580. The lowest BCUT2D eigenvalue weighted by Gasteiger charge is -1.99. The molecule has 0 spiro atoms. The van der Waals surface area contributed by atoms with Crippen LogP contribution >= 0.6 is 39.1 Å². The van der Waals surface area contributed by atoms with Crippen molar-refractivity contribution in [2.75, 3.05) is 5.88 Å². The van der Waals surface area contributed by atoms with Crippen LogP contribution in [0.2, 0.25) is 5.02 Å². The number of aryl methyl sites for hydroxylation is 1. The van der Waals surface area contributed by atoms with Gasteiger partial charge < -0.3 is 4.42 Å². The monoisotopic (exact) mass is 334 g/mol. The summed E-state index contributed by atoms with van der Waals surface area (Å²) in [6.07, 6.45) is 1.52. The minimum Gasteiger partial charge on any atom is -0.421 e. The molecule has 0 aliphatic rings. The number of halogens is 3. The van der Waals surface area contributed by atoms with Crippen molar-refractivity contribution in [3.63, 3.8) is 0 Å². The fourth-order valence-corrected chi connectivity index (χ4v) is 2.33. The van der Waals surface area contributed by atoms with Gasteiger partial charge >= 0.3 is 0 Å². The first-order valence-corrected chi connectivity index (χ1v) is 6.75. The Bertz CT molecular complexity index is 516. The van der Waals surface area contributed by atoms with Gasteiger partial charge in [-0.25, -0.2) is 0 Å². The minimum atomic E-state index is 0.484. The van der Waals surface area contributed by atoms with Crippen molar-refractivity contribution < 1.29 is 4.42 Å². The van der Waals surface area contributed by atoms with Crippen molar-refractivity contribution in [3.8, 4) is 11.5 Å². The molecule has 1 aromatic heterocycles. The molecular formula is C11H9BrCl2N2O. The number of aromatic nitrogens is 2. The van der Waals surface area contributed by atoms with Crippen LogP contribution < -0.4 is 0 Å². The molecule has 0 fully saturated rings. The summed E-state index contributed by atoms with van der Waals surface area (Å²) in [5.74, 6) is 1.67. The maximum absolute atomic E-state index is 5.87. The summed E-state index contributed by atoms with van der Waals surface area (Å²) in [7, 11) is 0. The lowest BCUT2D eigenvalue weighted by atomic mass is 10.2. The maximum atomic E-state index is 5.87. The second-order valence-corrected chi connectivity index (χ2v) is 5.09. The van der Waals surface area contributed by atoms with E-state index in [0.29, 0.717) is 29.1 Å². The molecule has 0 amide bonds. The first-order chi connectivity index (χ1) is 8.20. The summed E-state index contributed by atoms with van der Waals surface area (Å²) in [4.78, 5) is 0. The molecule has 0 N–H and O–H groups in total. The smallest absolute Gasteiger partial charge is 0.248 e. The van der Waals surface area contributed by atoms with Crippen LogP contribution in [0.4, 0.5) is 0 Å². The molecule has 0 aliphatic heterocycles. The van der Waals surface area contributed by atoms with Crippen molar-refractivity contribution in [3.05, 3.63) is 33.6 Å². The molecule has 0 saturated heterocycles. The topological polar surface area (TPSA) is 38.9 Å². The van der Waals surface area contributed by atoms with E-state index >= 15 is 0 Å². The van der Waals surface area contributed by atoms with Gasteiger partial charge in [0.1, 0.15) is 0 Å². The van der Waals surface area contributed by atoms with Gasteiger partial charge in [-0.1, -0.05) is 11.6 Å².